The zero-order chi connectivity index (χ0) is 22.7. The number of benzene rings is 2. The van der Waals surface area contributed by atoms with Gasteiger partial charge in [0.2, 0.25) is 20.0 Å². The van der Waals surface area contributed by atoms with Crippen molar-refractivity contribution in [2.45, 2.75) is 36.6 Å². The Labute approximate surface area is 180 Å². The van der Waals surface area contributed by atoms with Gasteiger partial charge in [-0.25, -0.2) is 27.0 Å². The normalized spacial score (nSPS) is 13.1. The highest BCUT2D eigenvalue weighted by molar-refractivity contribution is 7.90. The number of nitrogens with one attached hydrogen (secondary N) is 3. The van der Waals surface area contributed by atoms with Gasteiger partial charge in [-0.2, -0.15) is 4.72 Å². The van der Waals surface area contributed by atoms with E-state index >= 15 is 0 Å². The van der Waals surface area contributed by atoms with E-state index in [4.69, 9.17) is 16.8 Å². The summed E-state index contributed by atoms with van der Waals surface area (Å²) in [7, 11) is -8.27. The van der Waals surface area contributed by atoms with Gasteiger partial charge in [0, 0.05) is 11.6 Å². The molecule has 0 heterocycles. The lowest BCUT2D eigenvalue weighted by Gasteiger charge is -2.19. The van der Waals surface area contributed by atoms with Crippen molar-refractivity contribution in [1.29, 1.82) is 0 Å². The van der Waals surface area contributed by atoms with Crippen molar-refractivity contribution in [2.24, 2.45) is 0 Å². The second-order valence-corrected chi connectivity index (χ2v) is 10.5. The summed E-state index contributed by atoms with van der Waals surface area (Å²) in [5.41, 5.74) is 3.13. The predicted molar refractivity (Wildman–Crippen MR) is 111 cm³/mol. The van der Waals surface area contributed by atoms with Gasteiger partial charge in [-0.1, -0.05) is 29.3 Å². The fourth-order valence-corrected chi connectivity index (χ4v) is 5.81. The van der Waals surface area contributed by atoms with Gasteiger partial charge in [-0.05, 0) is 56.2 Å². The largest absolute Gasteiger partial charge is 0.289 e. The lowest BCUT2D eigenvalue weighted by atomic mass is 10.1. The summed E-state index contributed by atoms with van der Waals surface area (Å²) in [6, 6.07) is 7.00. The molecule has 0 saturated heterocycles. The number of halogens is 1. The topological polar surface area (TPSA) is 142 Å². The maximum absolute atomic E-state index is 12.9. The molecule has 2 aromatic rings. The molecule has 1 unspecified atom stereocenters. The molecule has 9 nitrogen and oxygen atoms in total. The first-order valence-electron chi connectivity index (χ1n) is 8.67. The minimum Gasteiger partial charge on any atom is -0.289 e. The zero-order valence-electron chi connectivity index (χ0n) is 16.4. The number of aryl methyl sites for hydroxylation is 3. The molecule has 30 heavy (non-hydrogen) atoms. The van der Waals surface area contributed by atoms with Crippen molar-refractivity contribution in [3.05, 3.63) is 58.1 Å². The van der Waals surface area contributed by atoms with Crippen molar-refractivity contribution in [3.8, 4) is 0 Å². The minimum absolute atomic E-state index is 0.0237. The fraction of sp³-hybridized carbons (Fsp3) is 0.278. The van der Waals surface area contributed by atoms with Crippen molar-refractivity contribution >= 4 is 37.6 Å². The number of hydroxylamine groups is 1. The van der Waals surface area contributed by atoms with E-state index in [2.05, 4.69) is 9.44 Å². The third-order valence-corrected chi connectivity index (χ3v) is 7.67. The standard InChI is InChI=1S/C18H22ClN3O6S2/c1-11-8-12(2)17(13(3)9-11)30(27,28)22-16(18(23)21-24)10-20-29(25,26)15-6-4-14(19)5-7-15/h4-9,16,20,22,24H,10H2,1-3H3,(H,21,23). The van der Waals surface area contributed by atoms with E-state index in [0.717, 1.165) is 5.56 Å². The number of sulfonamides is 2. The van der Waals surface area contributed by atoms with Crippen molar-refractivity contribution in [1.82, 2.24) is 14.9 Å². The van der Waals surface area contributed by atoms with Crippen LogP contribution in [-0.2, 0) is 24.8 Å². The Kier molecular flexibility index (Phi) is 7.61. The molecule has 2 rings (SSSR count). The molecule has 12 heteroatoms. The summed E-state index contributed by atoms with van der Waals surface area (Å²) in [5.74, 6) is -1.13. The Hall–Kier alpha value is -2.02. The summed E-state index contributed by atoms with van der Waals surface area (Å²) in [5, 5.41) is 9.31. The zero-order valence-corrected chi connectivity index (χ0v) is 18.8. The van der Waals surface area contributed by atoms with Gasteiger partial charge in [-0.15, -0.1) is 0 Å². The summed E-state index contributed by atoms with van der Waals surface area (Å²) in [4.78, 5) is 11.9. The molecule has 1 atom stereocenters. The van der Waals surface area contributed by atoms with E-state index in [1.165, 1.54) is 29.7 Å². The molecule has 0 aliphatic heterocycles. The predicted octanol–water partition coefficient (Wildman–Crippen LogP) is 1.40. The summed E-state index contributed by atoms with van der Waals surface area (Å²) >= 11 is 5.74. The molecule has 0 aromatic heterocycles. The van der Waals surface area contributed by atoms with Gasteiger partial charge >= 0.3 is 0 Å². The van der Waals surface area contributed by atoms with Crippen molar-refractivity contribution in [3.63, 3.8) is 0 Å². The molecule has 0 fully saturated rings. The maximum Gasteiger partial charge on any atom is 0.262 e. The van der Waals surface area contributed by atoms with Crippen LogP contribution in [0.2, 0.25) is 5.02 Å². The fourth-order valence-electron chi connectivity index (χ4n) is 2.99. The first-order chi connectivity index (χ1) is 13.9. The molecule has 0 saturated carbocycles. The van der Waals surface area contributed by atoms with Crippen LogP contribution in [0.4, 0.5) is 0 Å². The molecule has 0 radical (unpaired) electrons. The number of rotatable bonds is 8. The Bertz CT molecular complexity index is 1130. The van der Waals surface area contributed by atoms with Crippen LogP contribution in [-0.4, -0.2) is 40.5 Å². The van der Waals surface area contributed by atoms with Crippen LogP contribution in [0.3, 0.4) is 0 Å². The van der Waals surface area contributed by atoms with E-state index in [0.29, 0.717) is 16.1 Å². The third kappa shape index (κ3) is 5.78. The Balaban J connectivity index is 2.29. The second kappa shape index (κ2) is 9.41. The molecule has 164 valence electrons. The lowest BCUT2D eigenvalue weighted by molar-refractivity contribution is -0.130. The number of carbonyl (C=O) groups is 1. The highest BCUT2D eigenvalue weighted by atomic mass is 35.5. The molecule has 1 amide bonds. The quantitative estimate of drug-likeness (QED) is 0.336. The van der Waals surface area contributed by atoms with Crippen LogP contribution >= 0.6 is 11.6 Å². The summed E-state index contributed by atoms with van der Waals surface area (Å²) < 4.78 is 54.9. The number of hydrogen-bond donors (Lipinski definition) is 4. The van der Waals surface area contributed by atoms with Crippen LogP contribution in [0.5, 0.6) is 0 Å². The van der Waals surface area contributed by atoms with E-state index in [1.54, 1.807) is 26.0 Å². The molecule has 0 spiro atoms. The number of hydrogen-bond acceptors (Lipinski definition) is 6. The van der Waals surface area contributed by atoms with E-state index in [9.17, 15) is 21.6 Å². The highest BCUT2D eigenvalue weighted by Crippen LogP contribution is 2.22. The van der Waals surface area contributed by atoms with Crippen LogP contribution in [0, 0.1) is 20.8 Å². The van der Waals surface area contributed by atoms with Crippen molar-refractivity contribution < 1.29 is 26.8 Å². The van der Waals surface area contributed by atoms with Gasteiger partial charge in [0.15, 0.2) is 0 Å². The van der Waals surface area contributed by atoms with Crippen LogP contribution in [0.1, 0.15) is 16.7 Å². The van der Waals surface area contributed by atoms with Crippen LogP contribution in [0.15, 0.2) is 46.2 Å². The van der Waals surface area contributed by atoms with Gasteiger partial charge in [-0.3, -0.25) is 10.0 Å². The van der Waals surface area contributed by atoms with Gasteiger partial charge in [0.1, 0.15) is 6.04 Å². The summed E-state index contributed by atoms with van der Waals surface area (Å²) in [6.45, 7) is 4.40. The van der Waals surface area contributed by atoms with Gasteiger partial charge in [0.05, 0.1) is 9.79 Å². The van der Waals surface area contributed by atoms with E-state index < -0.39 is 38.5 Å². The lowest BCUT2D eigenvalue weighted by Crippen LogP contribution is -2.52. The summed E-state index contributed by atoms with van der Waals surface area (Å²) in [6.07, 6.45) is 0. The Morgan fingerprint density at radius 3 is 2.03 bits per heavy atom. The highest BCUT2D eigenvalue weighted by Gasteiger charge is 2.29. The molecular formula is C18H22ClN3O6S2. The molecular weight excluding hydrogens is 454 g/mol. The van der Waals surface area contributed by atoms with Crippen molar-refractivity contribution in [2.75, 3.05) is 6.54 Å². The smallest absolute Gasteiger partial charge is 0.262 e. The second-order valence-electron chi connectivity index (χ2n) is 6.68. The van der Waals surface area contributed by atoms with Gasteiger partial charge < -0.3 is 0 Å². The van der Waals surface area contributed by atoms with Crippen LogP contribution < -0.4 is 14.9 Å². The molecule has 4 N–H and O–H groups in total. The SMILES string of the molecule is Cc1cc(C)c(S(=O)(=O)NC(CNS(=O)(=O)c2ccc(Cl)cc2)C(=O)NO)c(C)c1. The first kappa shape index (κ1) is 24.3. The molecule has 0 bridgehead atoms. The maximum atomic E-state index is 12.9. The molecule has 0 aliphatic carbocycles. The monoisotopic (exact) mass is 475 g/mol. The Morgan fingerprint density at radius 1 is 1.00 bits per heavy atom. The first-order valence-corrected chi connectivity index (χ1v) is 12.0. The molecule has 2 aromatic carbocycles. The number of amides is 1. The van der Waals surface area contributed by atoms with E-state index in [1.807, 2.05) is 6.92 Å². The third-order valence-electron chi connectivity index (χ3n) is 4.20. The molecule has 0 aliphatic rings. The van der Waals surface area contributed by atoms with Gasteiger partial charge in [0.25, 0.3) is 5.91 Å². The van der Waals surface area contributed by atoms with Crippen LogP contribution in [0.25, 0.3) is 0 Å². The van der Waals surface area contributed by atoms with E-state index in [-0.39, 0.29) is 9.79 Å². The average molecular weight is 476 g/mol. The minimum atomic E-state index is -4.20. The average Bonchev–Trinajstić information content (AvgIpc) is 2.63. The number of carbonyl (C=O) groups excluding carboxylic acids is 1. The Morgan fingerprint density at radius 2 is 1.53 bits per heavy atom.